The largest absolute Gasteiger partial charge is 0.339 e. The van der Waals surface area contributed by atoms with E-state index in [0.29, 0.717) is 5.57 Å². The number of likely N-dealkylation sites (N-methyl/N-ethyl adjacent to an activating group) is 1. The zero-order valence-corrected chi connectivity index (χ0v) is 16.9. The van der Waals surface area contributed by atoms with Crippen molar-refractivity contribution in [1.82, 2.24) is 4.90 Å². The van der Waals surface area contributed by atoms with Gasteiger partial charge in [-0.05, 0) is 20.3 Å². The SMILES string of the molecule is C=C(C)C(=O)N(CC)CCCCCCCCCCCCCCCC. The number of carbonyl (C=O) groups is 1. The van der Waals surface area contributed by atoms with Crippen molar-refractivity contribution in [3.05, 3.63) is 12.2 Å². The van der Waals surface area contributed by atoms with Crippen LogP contribution in [0.15, 0.2) is 12.2 Å². The molecule has 1 amide bonds. The fourth-order valence-corrected chi connectivity index (χ4v) is 3.17. The summed E-state index contributed by atoms with van der Waals surface area (Å²) in [4.78, 5) is 13.8. The summed E-state index contributed by atoms with van der Waals surface area (Å²) in [5.41, 5.74) is 0.655. The molecule has 2 nitrogen and oxygen atoms in total. The molecule has 0 aliphatic rings. The first-order chi connectivity index (χ1) is 11.6. The summed E-state index contributed by atoms with van der Waals surface area (Å²) in [6.07, 6.45) is 19.2. The van der Waals surface area contributed by atoms with E-state index in [1.807, 2.05) is 11.8 Å². The Morgan fingerprint density at radius 3 is 1.42 bits per heavy atom. The maximum Gasteiger partial charge on any atom is 0.248 e. The number of amides is 1. The van der Waals surface area contributed by atoms with Crippen molar-refractivity contribution >= 4 is 5.91 Å². The van der Waals surface area contributed by atoms with E-state index >= 15 is 0 Å². The van der Waals surface area contributed by atoms with Crippen molar-refractivity contribution in [1.29, 1.82) is 0 Å². The van der Waals surface area contributed by atoms with Gasteiger partial charge in [0.2, 0.25) is 5.91 Å². The molecule has 0 radical (unpaired) electrons. The van der Waals surface area contributed by atoms with Crippen LogP contribution in [0.2, 0.25) is 0 Å². The monoisotopic (exact) mass is 337 g/mol. The van der Waals surface area contributed by atoms with Gasteiger partial charge in [-0.2, -0.15) is 0 Å². The highest BCUT2D eigenvalue weighted by atomic mass is 16.2. The van der Waals surface area contributed by atoms with Crippen LogP contribution in [0.4, 0.5) is 0 Å². The third-order valence-corrected chi connectivity index (χ3v) is 4.82. The number of rotatable bonds is 17. The molecular formula is C22H43NO. The third-order valence-electron chi connectivity index (χ3n) is 4.82. The first kappa shape index (κ1) is 23.2. The van der Waals surface area contributed by atoms with Gasteiger partial charge < -0.3 is 4.90 Å². The highest BCUT2D eigenvalue weighted by molar-refractivity contribution is 5.92. The minimum Gasteiger partial charge on any atom is -0.339 e. The van der Waals surface area contributed by atoms with Crippen LogP contribution < -0.4 is 0 Å². The van der Waals surface area contributed by atoms with Gasteiger partial charge in [0.15, 0.2) is 0 Å². The van der Waals surface area contributed by atoms with Gasteiger partial charge in [0.25, 0.3) is 0 Å². The Labute approximate surface area is 152 Å². The summed E-state index contributed by atoms with van der Waals surface area (Å²) < 4.78 is 0. The second-order valence-corrected chi connectivity index (χ2v) is 7.26. The molecule has 0 aliphatic carbocycles. The fraction of sp³-hybridized carbons (Fsp3) is 0.864. The van der Waals surface area contributed by atoms with E-state index in [0.717, 1.165) is 19.5 Å². The molecule has 0 saturated carbocycles. The lowest BCUT2D eigenvalue weighted by Gasteiger charge is -2.20. The smallest absolute Gasteiger partial charge is 0.248 e. The summed E-state index contributed by atoms with van der Waals surface area (Å²) in [7, 11) is 0. The standard InChI is InChI=1S/C22H43NO/c1-5-7-8-9-10-11-12-13-14-15-16-17-18-19-20-23(6-2)22(24)21(3)4/h3,5-20H2,1-2,4H3. The average Bonchev–Trinajstić information content (AvgIpc) is 2.58. The molecule has 142 valence electrons. The van der Waals surface area contributed by atoms with Crippen LogP contribution in [-0.4, -0.2) is 23.9 Å². The second kappa shape index (κ2) is 17.0. The Morgan fingerprint density at radius 1 is 0.708 bits per heavy atom. The predicted octanol–water partition coefficient (Wildman–Crippen LogP) is 6.89. The number of nitrogens with zero attached hydrogens (tertiary/aromatic N) is 1. The molecule has 0 N–H and O–H groups in total. The summed E-state index contributed by atoms with van der Waals surface area (Å²) in [6.45, 7) is 11.6. The number of unbranched alkanes of at least 4 members (excludes halogenated alkanes) is 13. The van der Waals surface area contributed by atoms with Gasteiger partial charge in [-0.1, -0.05) is 97.0 Å². The average molecular weight is 338 g/mol. The molecular weight excluding hydrogens is 294 g/mol. The molecule has 0 aromatic heterocycles. The van der Waals surface area contributed by atoms with Crippen molar-refractivity contribution in [2.45, 2.75) is 111 Å². The molecule has 0 bridgehead atoms. The molecule has 0 rings (SSSR count). The molecule has 24 heavy (non-hydrogen) atoms. The first-order valence-electron chi connectivity index (χ1n) is 10.6. The van der Waals surface area contributed by atoms with Gasteiger partial charge in [-0.3, -0.25) is 4.79 Å². The lowest BCUT2D eigenvalue weighted by atomic mass is 10.0. The lowest BCUT2D eigenvalue weighted by molar-refractivity contribution is -0.126. The van der Waals surface area contributed by atoms with E-state index in [1.165, 1.54) is 83.5 Å². The highest BCUT2D eigenvalue weighted by Crippen LogP contribution is 2.13. The van der Waals surface area contributed by atoms with Crippen LogP contribution in [0.25, 0.3) is 0 Å². The van der Waals surface area contributed by atoms with Crippen LogP contribution in [0, 0.1) is 0 Å². The molecule has 0 aliphatic heterocycles. The Morgan fingerprint density at radius 2 is 1.08 bits per heavy atom. The van der Waals surface area contributed by atoms with Crippen molar-refractivity contribution in [2.24, 2.45) is 0 Å². The van der Waals surface area contributed by atoms with Crippen molar-refractivity contribution in [3.8, 4) is 0 Å². The normalized spacial score (nSPS) is 10.8. The molecule has 0 heterocycles. The maximum absolute atomic E-state index is 11.9. The van der Waals surface area contributed by atoms with Gasteiger partial charge >= 0.3 is 0 Å². The van der Waals surface area contributed by atoms with E-state index in [1.54, 1.807) is 6.92 Å². The van der Waals surface area contributed by atoms with E-state index in [9.17, 15) is 4.79 Å². The second-order valence-electron chi connectivity index (χ2n) is 7.26. The molecule has 0 spiro atoms. The number of hydrogen-bond donors (Lipinski definition) is 0. The van der Waals surface area contributed by atoms with Gasteiger partial charge in [0, 0.05) is 18.7 Å². The van der Waals surface area contributed by atoms with Crippen molar-refractivity contribution in [3.63, 3.8) is 0 Å². The van der Waals surface area contributed by atoms with Gasteiger partial charge in [0.05, 0.1) is 0 Å². The van der Waals surface area contributed by atoms with Gasteiger partial charge in [-0.15, -0.1) is 0 Å². The summed E-state index contributed by atoms with van der Waals surface area (Å²) >= 11 is 0. The number of hydrogen-bond acceptors (Lipinski definition) is 1. The van der Waals surface area contributed by atoms with E-state index in [2.05, 4.69) is 13.5 Å². The van der Waals surface area contributed by atoms with E-state index in [-0.39, 0.29) is 5.91 Å². The molecule has 2 heteroatoms. The van der Waals surface area contributed by atoms with Crippen LogP contribution in [0.5, 0.6) is 0 Å². The van der Waals surface area contributed by atoms with E-state index < -0.39 is 0 Å². The quantitative estimate of drug-likeness (QED) is 0.209. The Balaban J connectivity index is 3.30. The maximum atomic E-state index is 11.9. The zero-order valence-electron chi connectivity index (χ0n) is 16.9. The topological polar surface area (TPSA) is 20.3 Å². The van der Waals surface area contributed by atoms with Crippen LogP contribution >= 0.6 is 0 Å². The molecule has 0 unspecified atom stereocenters. The molecule has 0 saturated heterocycles. The highest BCUT2D eigenvalue weighted by Gasteiger charge is 2.10. The summed E-state index contributed by atoms with van der Waals surface area (Å²) in [6, 6.07) is 0. The third kappa shape index (κ3) is 13.6. The lowest BCUT2D eigenvalue weighted by Crippen LogP contribution is -2.32. The van der Waals surface area contributed by atoms with Crippen molar-refractivity contribution in [2.75, 3.05) is 13.1 Å². The van der Waals surface area contributed by atoms with Crippen LogP contribution in [-0.2, 0) is 4.79 Å². The Kier molecular flexibility index (Phi) is 16.5. The first-order valence-corrected chi connectivity index (χ1v) is 10.6. The minimum absolute atomic E-state index is 0.118. The Hall–Kier alpha value is -0.790. The predicted molar refractivity (Wildman–Crippen MR) is 107 cm³/mol. The number of carbonyl (C=O) groups excluding carboxylic acids is 1. The molecule has 0 aromatic carbocycles. The van der Waals surface area contributed by atoms with Gasteiger partial charge in [0.1, 0.15) is 0 Å². The molecule has 0 atom stereocenters. The Bertz CT molecular complexity index is 311. The minimum atomic E-state index is 0.118. The van der Waals surface area contributed by atoms with Crippen LogP contribution in [0.3, 0.4) is 0 Å². The fourth-order valence-electron chi connectivity index (χ4n) is 3.17. The summed E-state index contributed by atoms with van der Waals surface area (Å²) in [5.74, 6) is 0.118. The van der Waals surface area contributed by atoms with Crippen molar-refractivity contribution < 1.29 is 4.79 Å². The van der Waals surface area contributed by atoms with Crippen LogP contribution in [0.1, 0.15) is 111 Å². The summed E-state index contributed by atoms with van der Waals surface area (Å²) in [5, 5.41) is 0. The zero-order chi connectivity index (χ0) is 18.0. The molecule has 0 aromatic rings. The van der Waals surface area contributed by atoms with E-state index in [4.69, 9.17) is 0 Å². The van der Waals surface area contributed by atoms with Gasteiger partial charge in [-0.25, -0.2) is 0 Å². The molecule has 0 fully saturated rings.